The van der Waals surface area contributed by atoms with Crippen LogP contribution in [0.1, 0.15) is 17.4 Å². The molecule has 0 amide bonds. The van der Waals surface area contributed by atoms with E-state index in [1.54, 1.807) is 0 Å². The Kier molecular flexibility index (Phi) is 2.22. The fourth-order valence-electron chi connectivity index (χ4n) is 1.87. The molecule has 16 heavy (non-hydrogen) atoms. The maximum atomic E-state index is 4.62. The molecule has 0 atom stereocenters. The molecule has 0 aromatic carbocycles. The second kappa shape index (κ2) is 3.72. The average Bonchev–Trinajstić information content (AvgIpc) is 2.66. The summed E-state index contributed by atoms with van der Waals surface area (Å²) in [4.78, 5) is 12.3. The molecule has 0 bridgehead atoms. The van der Waals surface area contributed by atoms with Crippen molar-refractivity contribution in [3.63, 3.8) is 0 Å². The van der Waals surface area contributed by atoms with Crippen LogP contribution >= 0.6 is 0 Å². The molecule has 0 spiro atoms. The van der Waals surface area contributed by atoms with Crippen LogP contribution in [0.3, 0.4) is 0 Å². The SMILES string of the molecule is Cc1cc(-c2ccc[nH]2)nc(C2CNC2)n1. The van der Waals surface area contributed by atoms with Crippen molar-refractivity contribution in [1.29, 1.82) is 0 Å². The van der Waals surface area contributed by atoms with Crippen LogP contribution in [0.2, 0.25) is 0 Å². The van der Waals surface area contributed by atoms with Gasteiger partial charge in [-0.05, 0) is 25.1 Å². The number of aromatic amines is 1. The lowest BCUT2D eigenvalue weighted by atomic mass is 10.0. The summed E-state index contributed by atoms with van der Waals surface area (Å²) >= 11 is 0. The minimum absolute atomic E-state index is 0.480. The highest BCUT2D eigenvalue weighted by molar-refractivity contribution is 5.54. The van der Waals surface area contributed by atoms with E-state index in [-0.39, 0.29) is 0 Å². The molecule has 82 valence electrons. The lowest BCUT2D eigenvalue weighted by Gasteiger charge is -2.25. The van der Waals surface area contributed by atoms with Crippen LogP contribution in [-0.2, 0) is 0 Å². The lowest BCUT2D eigenvalue weighted by molar-refractivity contribution is 0.429. The van der Waals surface area contributed by atoms with Gasteiger partial charge in [0.25, 0.3) is 0 Å². The van der Waals surface area contributed by atoms with Crippen molar-refractivity contribution in [3.8, 4) is 11.4 Å². The molecule has 2 aromatic rings. The van der Waals surface area contributed by atoms with Gasteiger partial charge in [0.05, 0.1) is 11.4 Å². The second-order valence-electron chi connectivity index (χ2n) is 4.19. The molecular formula is C12H14N4. The summed E-state index contributed by atoms with van der Waals surface area (Å²) in [6.07, 6.45) is 1.91. The Balaban J connectivity index is 2.02. The Bertz CT molecular complexity index is 486. The summed E-state index contributed by atoms with van der Waals surface area (Å²) in [7, 11) is 0. The van der Waals surface area contributed by atoms with Gasteiger partial charge in [0, 0.05) is 30.9 Å². The maximum Gasteiger partial charge on any atom is 0.134 e. The highest BCUT2D eigenvalue weighted by atomic mass is 15.0. The van der Waals surface area contributed by atoms with Gasteiger partial charge in [-0.3, -0.25) is 0 Å². The summed E-state index contributed by atoms with van der Waals surface area (Å²) in [6.45, 7) is 4.00. The third kappa shape index (κ3) is 1.61. The molecule has 1 aliphatic rings. The van der Waals surface area contributed by atoms with Crippen LogP contribution in [0.15, 0.2) is 24.4 Å². The van der Waals surface area contributed by atoms with Crippen molar-refractivity contribution in [2.75, 3.05) is 13.1 Å². The molecule has 0 saturated carbocycles. The van der Waals surface area contributed by atoms with Gasteiger partial charge in [0.1, 0.15) is 5.82 Å². The molecule has 1 fully saturated rings. The molecule has 0 aliphatic carbocycles. The molecular weight excluding hydrogens is 200 g/mol. The fraction of sp³-hybridized carbons (Fsp3) is 0.333. The van der Waals surface area contributed by atoms with Gasteiger partial charge in [-0.1, -0.05) is 0 Å². The lowest BCUT2D eigenvalue weighted by Crippen LogP contribution is -2.41. The minimum atomic E-state index is 0.480. The van der Waals surface area contributed by atoms with Crippen molar-refractivity contribution in [2.45, 2.75) is 12.8 Å². The van der Waals surface area contributed by atoms with E-state index >= 15 is 0 Å². The molecule has 4 heteroatoms. The molecule has 1 saturated heterocycles. The van der Waals surface area contributed by atoms with Gasteiger partial charge >= 0.3 is 0 Å². The number of aryl methyl sites for hydroxylation is 1. The summed E-state index contributed by atoms with van der Waals surface area (Å²) < 4.78 is 0. The third-order valence-electron chi connectivity index (χ3n) is 2.89. The molecule has 0 unspecified atom stereocenters. The first kappa shape index (κ1) is 9.54. The monoisotopic (exact) mass is 214 g/mol. The molecule has 0 radical (unpaired) electrons. The summed E-state index contributed by atoms with van der Waals surface area (Å²) in [5.41, 5.74) is 3.07. The zero-order valence-electron chi connectivity index (χ0n) is 9.20. The number of H-pyrrole nitrogens is 1. The van der Waals surface area contributed by atoms with Gasteiger partial charge < -0.3 is 10.3 Å². The summed E-state index contributed by atoms with van der Waals surface area (Å²) in [6, 6.07) is 6.03. The number of nitrogens with zero attached hydrogens (tertiary/aromatic N) is 2. The normalized spacial score (nSPS) is 16.1. The number of hydrogen-bond donors (Lipinski definition) is 2. The van der Waals surface area contributed by atoms with Crippen molar-refractivity contribution >= 4 is 0 Å². The predicted molar refractivity (Wildman–Crippen MR) is 62.2 cm³/mol. The van der Waals surface area contributed by atoms with Crippen LogP contribution < -0.4 is 5.32 Å². The van der Waals surface area contributed by atoms with Gasteiger partial charge in [-0.15, -0.1) is 0 Å². The second-order valence-corrected chi connectivity index (χ2v) is 4.19. The van der Waals surface area contributed by atoms with E-state index in [1.807, 2.05) is 31.3 Å². The number of hydrogen-bond acceptors (Lipinski definition) is 3. The molecule has 3 rings (SSSR count). The van der Waals surface area contributed by atoms with Crippen LogP contribution in [0.5, 0.6) is 0 Å². The Morgan fingerprint density at radius 1 is 1.31 bits per heavy atom. The van der Waals surface area contributed by atoms with Crippen molar-refractivity contribution in [1.82, 2.24) is 20.3 Å². The van der Waals surface area contributed by atoms with E-state index in [0.717, 1.165) is 36.0 Å². The van der Waals surface area contributed by atoms with E-state index in [2.05, 4.69) is 20.3 Å². The summed E-state index contributed by atoms with van der Waals surface area (Å²) in [5, 5.41) is 3.25. The van der Waals surface area contributed by atoms with Crippen LogP contribution in [-0.4, -0.2) is 28.0 Å². The number of aromatic nitrogens is 3. The number of nitrogens with one attached hydrogen (secondary N) is 2. The largest absolute Gasteiger partial charge is 0.360 e. The first-order valence-corrected chi connectivity index (χ1v) is 5.53. The van der Waals surface area contributed by atoms with E-state index in [0.29, 0.717) is 5.92 Å². The zero-order valence-corrected chi connectivity index (χ0v) is 9.20. The molecule has 2 N–H and O–H groups in total. The highest BCUT2D eigenvalue weighted by Crippen LogP contribution is 2.21. The Morgan fingerprint density at radius 3 is 2.81 bits per heavy atom. The smallest absolute Gasteiger partial charge is 0.134 e. The van der Waals surface area contributed by atoms with Crippen LogP contribution in [0, 0.1) is 6.92 Å². The minimum Gasteiger partial charge on any atom is -0.360 e. The zero-order chi connectivity index (χ0) is 11.0. The summed E-state index contributed by atoms with van der Waals surface area (Å²) in [5.74, 6) is 1.44. The quantitative estimate of drug-likeness (QED) is 0.796. The van der Waals surface area contributed by atoms with Gasteiger partial charge in [-0.25, -0.2) is 9.97 Å². The highest BCUT2D eigenvalue weighted by Gasteiger charge is 2.22. The Hall–Kier alpha value is -1.68. The molecule has 3 heterocycles. The van der Waals surface area contributed by atoms with Crippen LogP contribution in [0.25, 0.3) is 11.4 Å². The maximum absolute atomic E-state index is 4.62. The van der Waals surface area contributed by atoms with E-state index in [4.69, 9.17) is 0 Å². The molecule has 4 nitrogen and oxygen atoms in total. The van der Waals surface area contributed by atoms with E-state index < -0.39 is 0 Å². The standard InChI is InChI=1S/C12H14N4/c1-8-5-11(10-3-2-4-14-10)16-12(15-8)9-6-13-7-9/h2-5,9,13-14H,6-7H2,1H3. The van der Waals surface area contributed by atoms with E-state index in [1.165, 1.54) is 0 Å². The van der Waals surface area contributed by atoms with Crippen LogP contribution in [0.4, 0.5) is 0 Å². The Morgan fingerprint density at radius 2 is 2.19 bits per heavy atom. The topological polar surface area (TPSA) is 53.6 Å². The van der Waals surface area contributed by atoms with Crippen molar-refractivity contribution in [3.05, 3.63) is 35.9 Å². The Labute approximate surface area is 94.1 Å². The first-order chi connectivity index (χ1) is 7.83. The number of rotatable bonds is 2. The average molecular weight is 214 g/mol. The molecule has 1 aliphatic heterocycles. The predicted octanol–water partition coefficient (Wildman–Crippen LogP) is 1.47. The molecule has 2 aromatic heterocycles. The van der Waals surface area contributed by atoms with Gasteiger partial charge in [-0.2, -0.15) is 0 Å². The van der Waals surface area contributed by atoms with Gasteiger partial charge in [0.15, 0.2) is 0 Å². The van der Waals surface area contributed by atoms with Crippen molar-refractivity contribution in [2.24, 2.45) is 0 Å². The van der Waals surface area contributed by atoms with Crippen molar-refractivity contribution < 1.29 is 0 Å². The van der Waals surface area contributed by atoms with E-state index in [9.17, 15) is 0 Å². The third-order valence-corrected chi connectivity index (χ3v) is 2.89. The van der Waals surface area contributed by atoms with Gasteiger partial charge in [0.2, 0.25) is 0 Å². The fourth-order valence-corrected chi connectivity index (χ4v) is 1.87. The first-order valence-electron chi connectivity index (χ1n) is 5.53.